The number of aliphatic hydroxyl groups excluding tert-OH is 1. The van der Waals surface area contributed by atoms with Crippen LogP contribution in [0.1, 0.15) is 22.6 Å². The Labute approximate surface area is 96.7 Å². The fourth-order valence-electron chi connectivity index (χ4n) is 1.62. The van der Waals surface area contributed by atoms with Gasteiger partial charge >= 0.3 is 0 Å². The number of nitrogens with one attached hydrogen (secondary N) is 2. The fraction of sp³-hybridized carbons (Fsp3) is 0.273. The Morgan fingerprint density at radius 2 is 2.00 bits per heavy atom. The second-order valence-corrected chi connectivity index (χ2v) is 4.48. The van der Waals surface area contributed by atoms with Crippen molar-refractivity contribution in [2.45, 2.75) is 20.0 Å². The maximum Gasteiger partial charge on any atom is 0.0830 e. The number of aryl methyl sites for hydroxylation is 1. The minimum atomic E-state index is 0.0629. The van der Waals surface area contributed by atoms with Gasteiger partial charge < -0.3 is 15.1 Å². The number of halogens is 1. The molecule has 4 heteroatoms. The lowest BCUT2D eigenvalue weighted by molar-refractivity contribution is 0.277. The maximum absolute atomic E-state index is 8.93. The van der Waals surface area contributed by atoms with E-state index in [1.54, 1.807) is 0 Å². The first-order chi connectivity index (χ1) is 7.19. The largest absolute Gasteiger partial charge is 0.390 e. The highest BCUT2D eigenvalue weighted by molar-refractivity contribution is 9.10. The zero-order valence-electron chi connectivity index (χ0n) is 8.47. The van der Waals surface area contributed by atoms with Crippen LogP contribution < -0.4 is 0 Å². The summed E-state index contributed by atoms with van der Waals surface area (Å²) in [4.78, 5) is 6.42. The fourth-order valence-corrected chi connectivity index (χ4v) is 2.20. The molecule has 0 fully saturated rings. The molecule has 80 valence electrons. The molecule has 0 aliphatic rings. The van der Waals surface area contributed by atoms with Gasteiger partial charge in [-0.25, -0.2) is 0 Å². The molecule has 0 saturated carbocycles. The summed E-state index contributed by atoms with van der Waals surface area (Å²) in [5.41, 5.74) is 4.39. The summed E-state index contributed by atoms with van der Waals surface area (Å²) in [5, 5.41) is 8.93. The predicted octanol–water partition coefficient (Wildman–Crippen LogP) is 2.50. The van der Waals surface area contributed by atoms with Crippen LogP contribution in [0.3, 0.4) is 0 Å². The Bertz CT molecular complexity index is 459. The SMILES string of the molecule is Cc1cc(Br)[nH]c1Cc1ccc(CO)[nH]1. The Morgan fingerprint density at radius 1 is 1.27 bits per heavy atom. The molecule has 0 bridgehead atoms. The molecule has 3 nitrogen and oxygen atoms in total. The van der Waals surface area contributed by atoms with Crippen LogP contribution in [0.15, 0.2) is 22.8 Å². The van der Waals surface area contributed by atoms with Crippen molar-refractivity contribution in [2.75, 3.05) is 0 Å². The van der Waals surface area contributed by atoms with Crippen LogP contribution in [0.5, 0.6) is 0 Å². The van der Waals surface area contributed by atoms with E-state index in [-0.39, 0.29) is 6.61 Å². The second kappa shape index (κ2) is 4.24. The van der Waals surface area contributed by atoms with Gasteiger partial charge in [0.25, 0.3) is 0 Å². The minimum absolute atomic E-state index is 0.0629. The van der Waals surface area contributed by atoms with Crippen molar-refractivity contribution in [3.8, 4) is 0 Å². The number of aromatic amines is 2. The van der Waals surface area contributed by atoms with Gasteiger partial charge in [-0.1, -0.05) is 0 Å². The van der Waals surface area contributed by atoms with Gasteiger partial charge in [-0.05, 0) is 46.6 Å². The molecule has 0 radical (unpaired) electrons. The molecular weight excluding hydrogens is 256 g/mol. The average Bonchev–Trinajstić information content (AvgIpc) is 2.75. The molecular formula is C11H13BrN2O. The summed E-state index contributed by atoms with van der Waals surface area (Å²) in [5.74, 6) is 0. The maximum atomic E-state index is 8.93. The van der Waals surface area contributed by atoms with E-state index >= 15 is 0 Å². The van der Waals surface area contributed by atoms with Crippen molar-refractivity contribution in [1.82, 2.24) is 9.97 Å². The monoisotopic (exact) mass is 268 g/mol. The zero-order chi connectivity index (χ0) is 10.8. The topological polar surface area (TPSA) is 51.8 Å². The van der Waals surface area contributed by atoms with E-state index in [2.05, 4.69) is 38.9 Å². The van der Waals surface area contributed by atoms with Gasteiger partial charge in [0.2, 0.25) is 0 Å². The quantitative estimate of drug-likeness (QED) is 0.787. The zero-order valence-corrected chi connectivity index (χ0v) is 10.1. The van der Waals surface area contributed by atoms with Crippen LogP contribution in [0.25, 0.3) is 0 Å². The number of aromatic nitrogens is 2. The molecule has 0 aliphatic carbocycles. The highest BCUT2D eigenvalue weighted by atomic mass is 79.9. The highest BCUT2D eigenvalue weighted by Crippen LogP contribution is 2.17. The van der Waals surface area contributed by atoms with Crippen LogP contribution in [0.2, 0.25) is 0 Å². The van der Waals surface area contributed by atoms with Crippen molar-refractivity contribution in [2.24, 2.45) is 0 Å². The number of hydrogen-bond donors (Lipinski definition) is 3. The molecule has 2 heterocycles. The summed E-state index contributed by atoms with van der Waals surface area (Å²) >= 11 is 3.41. The summed E-state index contributed by atoms with van der Waals surface area (Å²) in [6.07, 6.45) is 0.831. The molecule has 15 heavy (non-hydrogen) atoms. The van der Waals surface area contributed by atoms with Gasteiger partial charge in [0.05, 0.1) is 11.2 Å². The first kappa shape index (κ1) is 10.5. The third kappa shape index (κ3) is 2.33. The van der Waals surface area contributed by atoms with Gasteiger partial charge in [0.15, 0.2) is 0 Å². The molecule has 2 aromatic heterocycles. The normalized spacial score (nSPS) is 10.9. The average molecular weight is 269 g/mol. The molecule has 2 rings (SSSR count). The number of rotatable bonds is 3. The summed E-state index contributed by atoms with van der Waals surface area (Å²) in [6, 6.07) is 5.97. The van der Waals surface area contributed by atoms with E-state index in [1.165, 1.54) is 11.3 Å². The van der Waals surface area contributed by atoms with Crippen molar-refractivity contribution in [3.05, 3.63) is 45.4 Å². The molecule has 0 atom stereocenters. The third-order valence-corrected chi connectivity index (χ3v) is 2.86. The lowest BCUT2D eigenvalue weighted by Crippen LogP contribution is -1.92. The molecule has 0 amide bonds. The Hall–Kier alpha value is -1.00. The van der Waals surface area contributed by atoms with E-state index in [0.717, 1.165) is 22.4 Å². The Morgan fingerprint density at radius 3 is 2.53 bits per heavy atom. The molecule has 2 aromatic rings. The lowest BCUT2D eigenvalue weighted by atomic mass is 10.2. The van der Waals surface area contributed by atoms with Gasteiger partial charge in [-0.3, -0.25) is 0 Å². The van der Waals surface area contributed by atoms with E-state index in [9.17, 15) is 0 Å². The summed E-state index contributed by atoms with van der Waals surface area (Å²) in [7, 11) is 0. The Kier molecular flexibility index (Phi) is 2.98. The molecule has 0 saturated heterocycles. The molecule has 0 spiro atoms. The molecule has 0 unspecified atom stereocenters. The first-order valence-electron chi connectivity index (χ1n) is 4.80. The standard InChI is InChI=1S/C11H13BrN2O/c1-7-4-11(12)14-10(7)5-8-2-3-9(6-15)13-8/h2-4,13-15H,5-6H2,1H3. The van der Waals surface area contributed by atoms with Crippen LogP contribution >= 0.6 is 15.9 Å². The van der Waals surface area contributed by atoms with Gasteiger partial charge in [0, 0.05) is 23.5 Å². The number of aliphatic hydroxyl groups is 1. The van der Waals surface area contributed by atoms with Crippen molar-refractivity contribution in [1.29, 1.82) is 0 Å². The predicted molar refractivity (Wildman–Crippen MR) is 62.8 cm³/mol. The van der Waals surface area contributed by atoms with Gasteiger partial charge in [-0.15, -0.1) is 0 Å². The van der Waals surface area contributed by atoms with E-state index in [4.69, 9.17) is 5.11 Å². The summed E-state index contributed by atoms with van der Waals surface area (Å²) < 4.78 is 1.00. The van der Waals surface area contributed by atoms with Gasteiger partial charge in [0.1, 0.15) is 0 Å². The van der Waals surface area contributed by atoms with Crippen LogP contribution in [-0.4, -0.2) is 15.1 Å². The smallest absolute Gasteiger partial charge is 0.0830 e. The highest BCUT2D eigenvalue weighted by Gasteiger charge is 2.05. The lowest BCUT2D eigenvalue weighted by Gasteiger charge is -1.98. The molecule has 0 aromatic carbocycles. The van der Waals surface area contributed by atoms with Crippen LogP contribution in [0.4, 0.5) is 0 Å². The van der Waals surface area contributed by atoms with Crippen LogP contribution in [-0.2, 0) is 13.0 Å². The first-order valence-corrected chi connectivity index (χ1v) is 5.60. The minimum Gasteiger partial charge on any atom is -0.390 e. The molecule has 3 N–H and O–H groups in total. The number of H-pyrrole nitrogens is 2. The number of hydrogen-bond acceptors (Lipinski definition) is 1. The van der Waals surface area contributed by atoms with Crippen molar-refractivity contribution >= 4 is 15.9 Å². The van der Waals surface area contributed by atoms with E-state index in [1.807, 2.05) is 12.1 Å². The second-order valence-electron chi connectivity index (χ2n) is 3.62. The Balaban J connectivity index is 2.17. The third-order valence-electron chi connectivity index (χ3n) is 2.43. The van der Waals surface area contributed by atoms with E-state index < -0.39 is 0 Å². The van der Waals surface area contributed by atoms with Crippen molar-refractivity contribution < 1.29 is 5.11 Å². The van der Waals surface area contributed by atoms with E-state index in [0.29, 0.717) is 0 Å². The summed E-state index contributed by atoms with van der Waals surface area (Å²) in [6.45, 7) is 2.14. The van der Waals surface area contributed by atoms with Gasteiger partial charge in [-0.2, -0.15) is 0 Å². The van der Waals surface area contributed by atoms with Crippen molar-refractivity contribution in [3.63, 3.8) is 0 Å². The van der Waals surface area contributed by atoms with Crippen LogP contribution in [0, 0.1) is 6.92 Å². The molecule has 0 aliphatic heterocycles.